The Kier molecular flexibility index (Phi) is 4.53. The van der Waals surface area contributed by atoms with Gasteiger partial charge in [0.15, 0.2) is 0 Å². The summed E-state index contributed by atoms with van der Waals surface area (Å²) in [6, 6.07) is 10.2. The zero-order valence-corrected chi connectivity index (χ0v) is 9.37. The third-order valence-electron chi connectivity index (χ3n) is 1.92. The topological polar surface area (TPSA) is 21.6 Å². The Morgan fingerprint density at radius 2 is 2.07 bits per heavy atom. The van der Waals surface area contributed by atoms with Crippen molar-refractivity contribution in [2.24, 2.45) is 5.16 Å². The third-order valence-corrected chi connectivity index (χ3v) is 2.22. The van der Waals surface area contributed by atoms with E-state index in [1.807, 2.05) is 25.1 Å². The van der Waals surface area contributed by atoms with E-state index in [0.717, 1.165) is 12.1 Å². The fraction of sp³-hybridized carbons (Fsp3) is 0.364. The predicted octanol–water partition coefficient (Wildman–Crippen LogP) is 2.55. The highest BCUT2D eigenvalue weighted by Crippen LogP contribution is 2.07. The number of hydrogen-bond acceptors (Lipinski definition) is 3. The SMILES string of the molecule is CO/N=C(/Cc1ccccc1)C(C)S. The Bertz CT molecular complexity index is 295. The Hall–Kier alpha value is -0.960. The van der Waals surface area contributed by atoms with E-state index in [1.54, 1.807) is 7.11 Å². The van der Waals surface area contributed by atoms with Gasteiger partial charge in [-0.3, -0.25) is 0 Å². The fourth-order valence-corrected chi connectivity index (χ4v) is 1.32. The van der Waals surface area contributed by atoms with Gasteiger partial charge in [-0.05, 0) is 12.5 Å². The second-order valence-corrected chi connectivity index (χ2v) is 3.88. The Morgan fingerprint density at radius 3 is 2.57 bits per heavy atom. The molecule has 1 aromatic carbocycles. The van der Waals surface area contributed by atoms with Crippen molar-refractivity contribution in [3.8, 4) is 0 Å². The molecule has 76 valence electrons. The Balaban J connectivity index is 2.70. The molecule has 0 aliphatic carbocycles. The molecule has 0 fully saturated rings. The molecule has 0 radical (unpaired) electrons. The van der Waals surface area contributed by atoms with Gasteiger partial charge in [0.25, 0.3) is 0 Å². The van der Waals surface area contributed by atoms with E-state index >= 15 is 0 Å². The van der Waals surface area contributed by atoms with Crippen LogP contribution in [0.25, 0.3) is 0 Å². The molecule has 2 nitrogen and oxygen atoms in total. The molecule has 14 heavy (non-hydrogen) atoms. The lowest BCUT2D eigenvalue weighted by molar-refractivity contribution is 0.212. The molecule has 0 amide bonds. The highest BCUT2D eigenvalue weighted by atomic mass is 32.1. The lowest BCUT2D eigenvalue weighted by atomic mass is 10.1. The van der Waals surface area contributed by atoms with Gasteiger partial charge in [0.1, 0.15) is 7.11 Å². The molecule has 1 rings (SSSR count). The monoisotopic (exact) mass is 209 g/mol. The summed E-state index contributed by atoms with van der Waals surface area (Å²) in [6.07, 6.45) is 0.791. The number of rotatable bonds is 4. The van der Waals surface area contributed by atoms with Gasteiger partial charge >= 0.3 is 0 Å². The zero-order valence-electron chi connectivity index (χ0n) is 8.47. The Labute approximate surface area is 90.4 Å². The highest BCUT2D eigenvalue weighted by molar-refractivity contribution is 7.81. The van der Waals surface area contributed by atoms with E-state index in [0.29, 0.717) is 0 Å². The average molecular weight is 209 g/mol. The van der Waals surface area contributed by atoms with Crippen molar-refractivity contribution < 1.29 is 4.84 Å². The lowest BCUT2D eigenvalue weighted by Crippen LogP contribution is -2.14. The molecule has 0 aromatic heterocycles. The lowest BCUT2D eigenvalue weighted by Gasteiger charge is -2.08. The molecule has 0 saturated heterocycles. The second kappa shape index (κ2) is 5.70. The standard InChI is InChI=1S/C11H15NOS/c1-9(14)11(12-13-2)8-10-6-4-3-5-7-10/h3-7,9,14H,8H2,1-2H3/b12-11-. The van der Waals surface area contributed by atoms with Crippen molar-refractivity contribution >= 4 is 18.3 Å². The van der Waals surface area contributed by atoms with E-state index in [4.69, 9.17) is 4.84 Å². The van der Waals surface area contributed by atoms with Crippen LogP contribution in [-0.4, -0.2) is 18.1 Å². The summed E-state index contributed by atoms with van der Waals surface area (Å²) in [5.74, 6) is 0. The molecule has 0 aliphatic heterocycles. The molecule has 1 aromatic rings. The van der Waals surface area contributed by atoms with E-state index < -0.39 is 0 Å². The van der Waals surface area contributed by atoms with Gasteiger partial charge in [-0.1, -0.05) is 35.5 Å². The van der Waals surface area contributed by atoms with E-state index in [2.05, 4.69) is 29.9 Å². The summed E-state index contributed by atoms with van der Waals surface area (Å²) in [6.45, 7) is 1.99. The van der Waals surface area contributed by atoms with Crippen molar-refractivity contribution in [3.63, 3.8) is 0 Å². The van der Waals surface area contributed by atoms with Crippen LogP contribution in [0.1, 0.15) is 12.5 Å². The van der Waals surface area contributed by atoms with Crippen LogP contribution in [-0.2, 0) is 11.3 Å². The number of nitrogens with zero attached hydrogens (tertiary/aromatic N) is 1. The van der Waals surface area contributed by atoms with E-state index in [-0.39, 0.29) is 5.25 Å². The van der Waals surface area contributed by atoms with Crippen LogP contribution >= 0.6 is 12.6 Å². The summed E-state index contributed by atoms with van der Waals surface area (Å²) >= 11 is 4.35. The van der Waals surface area contributed by atoms with Crippen LogP contribution in [0.5, 0.6) is 0 Å². The third kappa shape index (κ3) is 3.42. The predicted molar refractivity (Wildman–Crippen MR) is 63.0 cm³/mol. The van der Waals surface area contributed by atoms with Crippen LogP contribution in [0.2, 0.25) is 0 Å². The van der Waals surface area contributed by atoms with E-state index in [1.165, 1.54) is 5.56 Å². The number of oxime groups is 1. The van der Waals surface area contributed by atoms with Crippen molar-refractivity contribution in [3.05, 3.63) is 35.9 Å². The van der Waals surface area contributed by atoms with Crippen LogP contribution in [0, 0.1) is 0 Å². The van der Waals surface area contributed by atoms with Crippen LogP contribution in [0.4, 0.5) is 0 Å². The number of thiol groups is 1. The van der Waals surface area contributed by atoms with Crippen LogP contribution in [0.15, 0.2) is 35.5 Å². The zero-order chi connectivity index (χ0) is 10.4. The molecule has 0 aliphatic rings. The number of benzene rings is 1. The van der Waals surface area contributed by atoms with Gasteiger partial charge in [0.05, 0.1) is 5.71 Å². The molecular weight excluding hydrogens is 194 g/mol. The molecule has 1 atom stereocenters. The van der Waals surface area contributed by atoms with Crippen molar-refractivity contribution in [1.29, 1.82) is 0 Å². The minimum absolute atomic E-state index is 0.121. The second-order valence-electron chi connectivity index (χ2n) is 3.10. The molecule has 1 unspecified atom stereocenters. The number of hydrogen-bond donors (Lipinski definition) is 1. The molecule has 0 N–H and O–H groups in total. The minimum atomic E-state index is 0.121. The summed E-state index contributed by atoms with van der Waals surface area (Å²) in [7, 11) is 1.56. The van der Waals surface area contributed by atoms with Gasteiger partial charge in [0.2, 0.25) is 0 Å². The maximum Gasteiger partial charge on any atom is 0.106 e. The van der Waals surface area contributed by atoms with Crippen molar-refractivity contribution in [1.82, 2.24) is 0 Å². The molecule has 0 heterocycles. The first-order valence-corrected chi connectivity index (χ1v) is 5.07. The summed E-state index contributed by atoms with van der Waals surface area (Å²) < 4.78 is 0. The Morgan fingerprint density at radius 1 is 1.43 bits per heavy atom. The average Bonchev–Trinajstić information content (AvgIpc) is 2.18. The largest absolute Gasteiger partial charge is 0.399 e. The van der Waals surface area contributed by atoms with Gasteiger partial charge in [-0.15, -0.1) is 0 Å². The normalized spacial score (nSPS) is 13.8. The van der Waals surface area contributed by atoms with E-state index in [9.17, 15) is 0 Å². The van der Waals surface area contributed by atoms with Crippen LogP contribution < -0.4 is 0 Å². The first-order valence-electron chi connectivity index (χ1n) is 4.56. The maximum absolute atomic E-state index is 4.78. The summed E-state index contributed by atoms with van der Waals surface area (Å²) in [4.78, 5) is 4.78. The first-order chi connectivity index (χ1) is 6.74. The van der Waals surface area contributed by atoms with Crippen molar-refractivity contribution in [2.75, 3.05) is 7.11 Å². The van der Waals surface area contributed by atoms with Crippen LogP contribution in [0.3, 0.4) is 0 Å². The molecule has 0 bridgehead atoms. The maximum atomic E-state index is 4.78. The quantitative estimate of drug-likeness (QED) is 0.459. The first kappa shape index (κ1) is 11.1. The fourth-order valence-electron chi connectivity index (χ4n) is 1.18. The van der Waals surface area contributed by atoms with Gasteiger partial charge in [0, 0.05) is 11.7 Å². The van der Waals surface area contributed by atoms with Gasteiger partial charge in [-0.2, -0.15) is 12.6 Å². The molecule has 3 heteroatoms. The highest BCUT2D eigenvalue weighted by Gasteiger charge is 2.07. The van der Waals surface area contributed by atoms with Gasteiger partial charge < -0.3 is 4.84 Å². The molecular formula is C11H15NOS. The van der Waals surface area contributed by atoms with Gasteiger partial charge in [-0.25, -0.2) is 0 Å². The molecule has 0 saturated carbocycles. The summed E-state index contributed by atoms with van der Waals surface area (Å²) in [5.41, 5.74) is 2.17. The van der Waals surface area contributed by atoms with Crippen molar-refractivity contribution in [2.45, 2.75) is 18.6 Å². The molecule has 0 spiro atoms. The summed E-state index contributed by atoms with van der Waals surface area (Å²) in [5, 5.41) is 4.08. The smallest absolute Gasteiger partial charge is 0.106 e. The minimum Gasteiger partial charge on any atom is -0.399 e.